The van der Waals surface area contributed by atoms with Gasteiger partial charge in [0.25, 0.3) is 5.91 Å². The summed E-state index contributed by atoms with van der Waals surface area (Å²) in [6.45, 7) is 3.04. The number of amides is 1. The first-order valence-corrected chi connectivity index (χ1v) is 7.34. The molecule has 1 fully saturated rings. The molecule has 1 saturated carbocycles. The van der Waals surface area contributed by atoms with Crippen LogP contribution in [0.3, 0.4) is 0 Å². The molecule has 20 heavy (non-hydrogen) atoms. The molecule has 1 aromatic carbocycles. The fourth-order valence-electron chi connectivity index (χ4n) is 2.97. The topological polar surface area (TPSA) is 58.4 Å². The van der Waals surface area contributed by atoms with Crippen LogP contribution in [0, 0.1) is 11.8 Å². The van der Waals surface area contributed by atoms with Gasteiger partial charge in [-0.3, -0.25) is 4.79 Å². The van der Waals surface area contributed by atoms with Crippen LogP contribution >= 0.6 is 0 Å². The Hall–Kier alpha value is -1.71. The molecule has 0 bridgehead atoms. The van der Waals surface area contributed by atoms with Crippen molar-refractivity contribution in [1.82, 2.24) is 5.32 Å². The average molecular weight is 275 g/mol. The molecule has 0 heterocycles. The van der Waals surface area contributed by atoms with Crippen LogP contribution in [-0.2, 0) is 0 Å². The summed E-state index contributed by atoms with van der Waals surface area (Å²) in [5.41, 5.74) is 7.98. The quantitative estimate of drug-likeness (QED) is 0.830. The highest BCUT2D eigenvalue weighted by molar-refractivity contribution is 6.00. The van der Waals surface area contributed by atoms with Gasteiger partial charge in [0.05, 0.1) is 5.56 Å². The molecule has 2 rings (SSSR count). The molecule has 0 radical (unpaired) electrons. The van der Waals surface area contributed by atoms with E-state index < -0.39 is 0 Å². The second-order valence-corrected chi connectivity index (χ2v) is 6.05. The Morgan fingerprint density at radius 1 is 1.40 bits per heavy atom. The first-order valence-electron chi connectivity index (χ1n) is 7.34. The minimum atomic E-state index is -0.0277. The SMILES string of the molecule is CC1CCCC1CNC(=O)c1cc(N)ccc1N(C)C. The zero-order valence-electron chi connectivity index (χ0n) is 12.6. The lowest BCUT2D eigenvalue weighted by Crippen LogP contribution is -2.31. The van der Waals surface area contributed by atoms with Gasteiger partial charge in [-0.25, -0.2) is 0 Å². The molecule has 1 aliphatic carbocycles. The zero-order valence-corrected chi connectivity index (χ0v) is 12.6. The van der Waals surface area contributed by atoms with Crippen molar-refractivity contribution in [3.8, 4) is 0 Å². The van der Waals surface area contributed by atoms with Gasteiger partial charge in [0.2, 0.25) is 0 Å². The zero-order chi connectivity index (χ0) is 14.7. The van der Waals surface area contributed by atoms with E-state index in [1.54, 1.807) is 6.07 Å². The fraction of sp³-hybridized carbons (Fsp3) is 0.562. The first-order chi connectivity index (χ1) is 9.49. The van der Waals surface area contributed by atoms with E-state index in [2.05, 4.69) is 12.2 Å². The lowest BCUT2D eigenvalue weighted by molar-refractivity contribution is 0.0945. The number of rotatable bonds is 4. The highest BCUT2D eigenvalue weighted by Gasteiger charge is 2.24. The summed E-state index contributed by atoms with van der Waals surface area (Å²) < 4.78 is 0. The number of hydrogen-bond acceptors (Lipinski definition) is 3. The lowest BCUT2D eigenvalue weighted by atomic mass is 9.98. The van der Waals surface area contributed by atoms with Gasteiger partial charge in [-0.05, 0) is 36.5 Å². The van der Waals surface area contributed by atoms with Crippen molar-refractivity contribution in [3.05, 3.63) is 23.8 Å². The maximum Gasteiger partial charge on any atom is 0.253 e. The maximum absolute atomic E-state index is 12.4. The van der Waals surface area contributed by atoms with Crippen LogP contribution in [0.5, 0.6) is 0 Å². The van der Waals surface area contributed by atoms with Crippen molar-refractivity contribution in [2.45, 2.75) is 26.2 Å². The third kappa shape index (κ3) is 3.24. The summed E-state index contributed by atoms with van der Waals surface area (Å²) in [6, 6.07) is 5.47. The lowest BCUT2D eigenvalue weighted by Gasteiger charge is -2.20. The van der Waals surface area contributed by atoms with E-state index in [1.807, 2.05) is 31.1 Å². The normalized spacial score (nSPS) is 21.8. The number of hydrogen-bond donors (Lipinski definition) is 2. The van der Waals surface area contributed by atoms with Gasteiger partial charge >= 0.3 is 0 Å². The van der Waals surface area contributed by atoms with Crippen LogP contribution in [0.1, 0.15) is 36.5 Å². The predicted octanol–water partition coefficient (Wildman–Crippen LogP) is 2.50. The Bertz CT molecular complexity index is 485. The number of carbonyl (C=O) groups excluding carboxylic acids is 1. The largest absolute Gasteiger partial charge is 0.399 e. The first kappa shape index (κ1) is 14.7. The van der Waals surface area contributed by atoms with Crippen LogP contribution in [0.4, 0.5) is 11.4 Å². The van der Waals surface area contributed by atoms with Crippen molar-refractivity contribution in [2.75, 3.05) is 31.3 Å². The van der Waals surface area contributed by atoms with Gasteiger partial charge < -0.3 is 16.0 Å². The molecule has 0 aromatic heterocycles. The van der Waals surface area contributed by atoms with Crippen LogP contribution in [-0.4, -0.2) is 26.5 Å². The molecule has 0 aliphatic heterocycles. The van der Waals surface area contributed by atoms with Crippen molar-refractivity contribution < 1.29 is 4.79 Å². The van der Waals surface area contributed by atoms with E-state index in [9.17, 15) is 4.79 Å². The molecule has 1 aliphatic rings. The van der Waals surface area contributed by atoms with Crippen LogP contribution in [0.15, 0.2) is 18.2 Å². The predicted molar refractivity (Wildman–Crippen MR) is 84.0 cm³/mol. The van der Waals surface area contributed by atoms with Gasteiger partial charge in [0.1, 0.15) is 0 Å². The minimum absolute atomic E-state index is 0.0277. The van der Waals surface area contributed by atoms with E-state index in [4.69, 9.17) is 5.73 Å². The standard InChI is InChI=1S/C16H25N3O/c1-11-5-4-6-12(11)10-18-16(20)14-9-13(17)7-8-15(14)19(2)3/h7-9,11-12H,4-6,10,17H2,1-3H3,(H,18,20). The summed E-state index contributed by atoms with van der Waals surface area (Å²) in [6.07, 6.45) is 3.78. The molecule has 4 heteroatoms. The second-order valence-electron chi connectivity index (χ2n) is 6.05. The molecular weight excluding hydrogens is 250 g/mol. The maximum atomic E-state index is 12.4. The van der Waals surface area contributed by atoms with Gasteiger partial charge in [0, 0.05) is 32.0 Å². The highest BCUT2D eigenvalue weighted by Crippen LogP contribution is 2.30. The molecule has 4 nitrogen and oxygen atoms in total. The van der Waals surface area contributed by atoms with Gasteiger partial charge in [-0.15, -0.1) is 0 Å². The second kappa shape index (κ2) is 6.16. The Kier molecular flexibility index (Phi) is 4.53. The summed E-state index contributed by atoms with van der Waals surface area (Å²) >= 11 is 0. The van der Waals surface area contributed by atoms with Crippen molar-refractivity contribution in [3.63, 3.8) is 0 Å². The van der Waals surface area contributed by atoms with E-state index >= 15 is 0 Å². The molecule has 3 N–H and O–H groups in total. The van der Waals surface area contributed by atoms with E-state index in [0.717, 1.165) is 12.2 Å². The molecule has 110 valence electrons. The number of nitrogens with one attached hydrogen (secondary N) is 1. The van der Waals surface area contributed by atoms with Crippen molar-refractivity contribution >= 4 is 17.3 Å². The molecular formula is C16H25N3O. The Morgan fingerprint density at radius 3 is 2.75 bits per heavy atom. The van der Waals surface area contributed by atoms with E-state index in [0.29, 0.717) is 23.1 Å². The Morgan fingerprint density at radius 2 is 2.15 bits per heavy atom. The molecule has 0 saturated heterocycles. The molecule has 1 aromatic rings. The number of benzene rings is 1. The number of carbonyl (C=O) groups is 1. The van der Waals surface area contributed by atoms with Crippen LogP contribution in [0.2, 0.25) is 0 Å². The number of nitrogens with zero attached hydrogens (tertiary/aromatic N) is 1. The number of anilines is 2. The van der Waals surface area contributed by atoms with Gasteiger partial charge in [-0.1, -0.05) is 19.8 Å². The summed E-state index contributed by atoms with van der Waals surface area (Å²) in [4.78, 5) is 14.3. The van der Waals surface area contributed by atoms with Crippen molar-refractivity contribution in [2.24, 2.45) is 11.8 Å². The third-order valence-electron chi connectivity index (χ3n) is 4.31. The summed E-state index contributed by atoms with van der Waals surface area (Å²) in [7, 11) is 3.86. The summed E-state index contributed by atoms with van der Waals surface area (Å²) in [5, 5.41) is 3.07. The Labute approximate surface area is 121 Å². The van der Waals surface area contributed by atoms with Crippen LogP contribution in [0.25, 0.3) is 0 Å². The molecule has 0 spiro atoms. The average Bonchev–Trinajstić information content (AvgIpc) is 2.81. The fourth-order valence-corrected chi connectivity index (χ4v) is 2.97. The number of nitrogens with two attached hydrogens (primary N) is 1. The third-order valence-corrected chi connectivity index (χ3v) is 4.31. The van der Waals surface area contributed by atoms with E-state index in [1.165, 1.54) is 19.3 Å². The van der Waals surface area contributed by atoms with Crippen LogP contribution < -0.4 is 16.0 Å². The monoisotopic (exact) mass is 275 g/mol. The number of nitrogen functional groups attached to an aromatic ring is 1. The van der Waals surface area contributed by atoms with Crippen molar-refractivity contribution in [1.29, 1.82) is 0 Å². The van der Waals surface area contributed by atoms with Gasteiger partial charge in [0.15, 0.2) is 0 Å². The Balaban J connectivity index is 2.06. The molecule has 1 amide bonds. The highest BCUT2D eigenvalue weighted by atomic mass is 16.1. The van der Waals surface area contributed by atoms with Gasteiger partial charge in [-0.2, -0.15) is 0 Å². The molecule has 2 unspecified atom stereocenters. The van der Waals surface area contributed by atoms with E-state index in [-0.39, 0.29) is 5.91 Å². The smallest absolute Gasteiger partial charge is 0.253 e. The summed E-state index contributed by atoms with van der Waals surface area (Å²) in [5.74, 6) is 1.30. The minimum Gasteiger partial charge on any atom is -0.399 e. The molecule has 2 atom stereocenters.